The number of rotatable bonds is 4. The summed E-state index contributed by atoms with van der Waals surface area (Å²) >= 11 is 1.39. The van der Waals surface area contributed by atoms with Gasteiger partial charge in [0.05, 0.1) is 21.7 Å². The number of nitrogens with zero attached hydrogens (tertiary/aromatic N) is 4. The van der Waals surface area contributed by atoms with Crippen molar-refractivity contribution in [1.82, 2.24) is 14.8 Å². The summed E-state index contributed by atoms with van der Waals surface area (Å²) in [5, 5.41) is 18.8. The van der Waals surface area contributed by atoms with Crippen molar-refractivity contribution in [2.75, 3.05) is 5.32 Å². The van der Waals surface area contributed by atoms with Crippen LogP contribution in [0.5, 0.6) is 0 Å². The first-order valence-electron chi connectivity index (χ1n) is 9.68. The van der Waals surface area contributed by atoms with E-state index in [0.717, 1.165) is 4.68 Å². The van der Waals surface area contributed by atoms with Gasteiger partial charge in [-0.3, -0.25) is 9.59 Å². The van der Waals surface area contributed by atoms with Crippen LogP contribution in [-0.4, -0.2) is 20.7 Å². The maximum atomic E-state index is 12.9. The van der Waals surface area contributed by atoms with Crippen LogP contribution in [0.15, 0.2) is 63.1 Å². The van der Waals surface area contributed by atoms with Gasteiger partial charge in [-0.25, -0.2) is 9.67 Å². The number of nitrogens with one attached hydrogen (secondary N) is 1. The van der Waals surface area contributed by atoms with E-state index in [1.165, 1.54) is 11.3 Å². The normalized spacial score (nSPS) is 11.0. The summed E-state index contributed by atoms with van der Waals surface area (Å²) in [4.78, 5) is 29.8. The van der Waals surface area contributed by atoms with E-state index in [4.69, 9.17) is 4.42 Å². The second kappa shape index (κ2) is 7.76. The average molecular weight is 441 g/mol. The third-order valence-electron chi connectivity index (χ3n) is 4.90. The molecule has 32 heavy (non-hydrogen) atoms. The van der Waals surface area contributed by atoms with E-state index in [1.54, 1.807) is 49.4 Å². The second-order valence-electron chi connectivity index (χ2n) is 7.13. The summed E-state index contributed by atoms with van der Waals surface area (Å²) in [6.45, 7) is 1.49. The molecule has 2 aromatic carbocycles. The van der Waals surface area contributed by atoms with E-state index in [0.29, 0.717) is 49.6 Å². The molecule has 9 heteroatoms. The van der Waals surface area contributed by atoms with Crippen molar-refractivity contribution in [2.24, 2.45) is 0 Å². The number of carbonyl (C=O) groups is 1. The third-order valence-corrected chi connectivity index (χ3v) is 5.82. The van der Waals surface area contributed by atoms with Crippen molar-refractivity contribution in [1.29, 1.82) is 5.26 Å². The Morgan fingerprint density at radius 3 is 2.97 bits per heavy atom. The van der Waals surface area contributed by atoms with Crippen molar-refractivity contribution in [2.45, 2.75) is 13.5 Å². The molecule has 0 aliphatic carbocycles. The van der Waals surface area contributed by atoms with Crippen LogP contribution in [-0.2, 0) is 11.3 Å². The zero-order valence-electron chi connectivity index (χ0n) is 16.8. The number of nitriles is 1. The zero-order chi connectivity index (χ0) is 22.2. The van der Waals surface area contributed by atoms with Gasteiger partial charge >= 0.3 is 0 Å². The number of aryl methyl sites for hydroxylation is 1. The molecule has 0 spiro atoms. The number of benzene rings is 2. The maximum absolute atomic E-state index is 12.9. The van der Waals surface area contributed by atoms with Gasteiger partial charge in [-0.2, -0.15) is 10.4 Å². The first-order valence-corrected chi connectivity index (χ1v) is 10.6. The first kappa shape index (κ1) is 19.7. The molecule has 5 rings (SSSR count). The molecule has 0 atom stereocenters. The molecule has 0 saturated carbocycles. The van der Waals surface area contributed by atoms with Crippen molar-refractivity contribution in [3.05, 3.63) is 75.7 Å². The molecule has 8 nitrogen and oxygen atoms in total. The molecule has 0 aliphatic rings. The topological polar surface area (TPSA) is 114 Å². The molecule has 1 N–H and O–H groups in total. The molecular weight excluding hydrogens is 426 g/mol. The Balaban J connectivity index is 1.49. The van der Waals surface area contributed by atoms with E-state index in [-0.39, 0.29) is 12.1 Å². The van der Waals surface area contributed by atoms with E-state index < -0.39 is 5.91 Å². The molecule has 0 fully saturated rings. The molecule has 0 bridgehead atoms. The second-order valence-corrected chi connectivity index (χ2v) is 8.05. The third kappa shape index (κ3) is 3.53. The minimum absolute atomic E-state index is 0.261. The number of hydrogen-bond donors (Lipinski definition) is 1. The predicted molar refractivity (Wildman–Crippen MR) is 121 cm³/mol. The van der Waals surface area contributed by atoms with Crippen molar-refractivity contribution >= 4 is 44.1 Å². The van der Waals surface area contributed by atoms with E-state index in [2.05, 4.69) is 21.5 Å². The quantitative estimate of drug-likeness (QED) is 0.449. The summed E-state index contributed by atoms with van der Waals surface area (Å²) in [6.07, 6.45) is 0. The number of aromatic nitrogens is 3. The number of hydrogen-bond acceptors (Lipinski definition) is 7. The Morgan fingerprint density at radius 1 is 1.25 bits per heavy atom. The molecule has 5 aromatic rings. The van der Waals surface area contributed by atoms with Crippen LogP contribution in [0.25, 0.3) is 32.4 Å². The highest BCUT2D eigenvalue weighted by molar-refractivity contribution is 7.17. The fourth-order valence-corrected chi connectivity index (χ4v) is 4.39. The summed E-state index contributed by atoms with van der Waals surface area (Å²) in [6, 6.07) is 16.0. The molecule has 0 aliphatic heterocycles. The largest absolute Gasteiger partial charge is 0.441 e. The fourth-order valence-electron chi connectivity index (χ4n) is 3.50. The van der Waals surface area contributed by atoms with Gasteiger partial charge in [0.1, 0.15) is 17.8 Å². The maximum Gasteiger partial charge on any atom is 0.276 e. The summed E-state index contributed by atoms with van der Waals surface area (Å²) in [7, 11) is 0. The molecule has 156 valence electrons. The van der Waals surface area contributed by atoms with E-state index >= 15 is 0 Å². The number of carbonyl (C=O) groups excluding carboxylic acids is 1. The lowest BCUT2D eigenvalue weighted by molar-refractivity contribution is -0.117. The smallest absolute Gasteiger partial charge is 0.276 e. The molecule has 3 heterocycles. The minimum Gasteiger partial charge on any atom is -0.441 e. The van der Waals surface area contributed by atoms with E-state index in [1.807, 2.05) is 11.4 Å². The van der Waals surface area contributed by atoms with Gasteiger partial charge in [0.25, 0.3) is 5.56 Å². The van der Waals surface area contributed by atoms with Crippen LogP contribution >= 0.6 is 11.3 Å². The molecular formula is C23H15N5O3S. The van der Waals surface area contributed by atoms with Crippen LogP contribution < -0.4 is 10.9 Å². The first-order chi connectivity index (χ1) is 15.5. The molecule has 1 amide bonds. The Morgan fingerprint density at radius 2 is 2.12 bits per heavy atom. The van der Waals surface area contributed by atoms with Crippen LogP contribution in [0.1, 0.15) is 11.5 Å². The van der Waals surface area contributed by atoms with Crippen LogP contribution in [0.4, 0.5) is 5.69 Å². The summed E-state index contributed by atoms with van der Waals surface area (Å²) < 4.78 is 7.36. The Labute approximate surface area is 185 Å². The van der Waals surface area contributed by atoms with Crippen LogP contribution in [0, 0.1) is 18.3 Å². The average Bonchev–Trinajstić information content (AvgIpc) is 3.41. The molecule has 0 saturated heterocycles. The minimum atomic E-state index is -0.401. The van der Waals surface area contributed by atoms with Gasteiger partial charge in [0.15, 0.2) is 11.5 Å². The number of anilines is 1. The predicted octanol–water partition coefficient (Wildman–Crippen LogP) is 4.09. The Bertz CT molecular complexity index is 1610. The lowest BCUT2D eigenvalue weighted by atomic mass is 10.1. The Hall–Kier alpha value is -4.29. The Kier molecular flexibility index (Phi) is 4.77. The van der Waals surface area contributed by atoms with Gasteiger partial charge in [0, 0.05) is 24.2 Å². The fraction of sp³-hybridized carbons (Fsp3) is 0.0870. The lowest BCUT2D eigenvalue weighted by Gasteiger charge is -2.10. The monoisotopic (exact) mass is 441 g/mol. The number of amides is 1. The van der Waals surface area contributed by atoms with Gasteiger partial charge in [-0.05, 0) is 35.7 Å². The van der Waals surface area contributed by atoms with Gasteiger partial charge in [-0.15, -0.1) is 11.3 Å². The standard InChI is InChI=1S/C23H15N5O3S/c1-13-25-18-6-5-16(10-19(18)31-13)26-20(29)12-28-23(30)17-7-8-32-22(17)21(27-28)15-4-2-3-14(9-15)11-24/h2-10H,12H2,1H3,(H,26,29). The van der Waals surface area contributed by atoms with Crippen LogP contribution in [0.2, 0.25) is 0 Å². The van der Waals surface area contributed by atoms with Gasteiger partial charge < -0.3 is 9.73 Å². The number of fused-ring (bicyclic) bond motifs is 2. The SMILES string of the molecule is Cc1nc2ccc(NC(=O)Cn3nc(-c4cccc(C#N)c4)c4sccc4c3=O)cc2o1. The van der Waals surface area contributed by atoms with E-state index in [9.17, 15) is 14.9 Å². The van der Waals surface area contributed by atoms with Crippen molar-refractivity contribution in [3.63, 3.8) is 0 Å². The summed E-state index contributed by atoms with van der Waals surface area (Å²) in [5.41, 5.74) is 3.20. The lowest BCUT2D eigenvalue weighted by Crippen LogP contribution is -2.29. The van der Waals surface area contributed by atoms with Crippen molar-refractivity contribution in [3.8, 4) is 17.3 Å². The highest BCUT2D eigenvalue weighted by atomic mass is 32.1. The number of thiophene rings is 1. The van der Waals surface area contributed by atoms with Gasteiger partial charge in [-0.1, -0.05) is 12.1 Å². The zero-order valence-corrected chi connectivity index (χ0v) is 17.6. The number of oxazole rings is 1. The van der Waals surface area contributed by atoms with Crippen molar-refractivity contribution < 1.29 is 9.21 Å². The summed E-state index contributed by atoms with van der Waals surface area (Å²) in [5.74, 6) is 0.137. The van der Waals surface area contributed by atoms with Crippen LogP contribution in [0.3, 0.4) is 0 Å². The highest BCUT2D eigenvalue weighted by Gasteiger charge is 2.16. The van der Waals surface area contributed by atoms with Gasteiger partial charge in [0.2, 0.25) is 5.91 Å². The molecule has 3 aromatic heterocycles. The molecule has 0 radical (unpaired) electrons. The molecule has 0 unspecified atom stereocenters. The highest BCUT2D eigenvalue weighted by Crippen LogP contribution is 2.29.